The first-order chi connectivity index (χ1) is 14.2. The maximum atomic E-state index is 13.1. The Labute approximate surface area is 168 Å². The summed E-state index contributed by atoms with van der Waals surface area (Å²) in [7, 11) is 0. The van der Waals surface area contributed by atoms with E-state index in [0.717, 1.165) is 27.1 Å². The van der Waals surface area contributed by atoms with Crippen molar-refractivity contribution in [3.63, 3.8) is 0 Å². The number of fused-ring (bicyclic) bond motifs is 3. The van der Waals surface area contributed by atoms with Crippen molar-refractivity contribution in [3.05, 3.63) is 75.8 Å². The van der Waals surface area contributed by atoms with Gasteiger partial charge in [-0.3, -0.25) is 14.2 Å². The van der Waals surface area contributed by atoms with Gasteiger partial charge in [-0.05, 0) is 30.7 Å². The standard InChI is InChI=1S/C21H17F3N4O2/c1-12-6-7-16-14(8-12)18-19(27-16)20(30)28(11-26-18)10-17(29)25-9-13-4-2-3-5-15(13)21(22,23)24/h2-8,11,27H,9-10H2,1H3,(H,25,29). The van der Waals surface area contributed by atoms with Crippen LogP contribution in [0.25, 0.3) is 21.9 Å². The molecule has 0 aliphatic heterocycles. The van der Waals surface area contributed by atoms with Crippen molar-refractivity contribution in [3.8, 4) is 0 Å². The number of rotatable bonds is 4. The van der Waals surface area contributed by atoms with Gasteiger partial charge in [0, 0.05) is 17.4 Å². The minimum atomic E-state index is -4.51. The van der Waals surface area contributed by atoms with E-state index in [0.29, 0.717) is 5.52 Å². The number of nitrogens with zero attached hydrogens (tertiary/aromatic N) is 2. The summed E-state index contributed by atoms with van der Waals surface area (Å²) < 4.78 is 40.3. The van der Waals surface area contributed by atoms with Crippen molar-refractivity contribution < 1.29 is 18.0 Å². The lowest BCUT2D eigenvalue weighted by atomic mass is 10.1. The number of carbonyl (C=O) groups excluding carboxylic acids is 1. The van der Waals surface area contributed by atoms with E-state index in [4.69, 9.17) is 0 Å². The second kappa shape index (κ2) is 7.33. The van der Waals surface area contributed by atoms with E-state index in [9.17, 15) is 22.8 Å². The number of H-pyrrole nitrogens is 1. The van der Waals surface area contributed by atoms with Crippen LogP contribution in [0.2, 0.25) is 0 Å². The second-order valence-electron chi connectivity index (χ2n) is 7.01. The van der Waals surface area contributed by atoms with Crippen LogP contribution in [0.5, 0.6) is 0 Å². The number of alkyl halides is 3. The van der Waals surface area contributed by atoms with Crippen LogP contribution < -0.4 is 10.9 Å². The molecule has 9 heteroatoms. The zero-order valence-corrected chi connectivity index (χ0v) is 15.9. The monoisotopic (exact) mass is 414 g/mol. The molecule has 2 aromatic heterocycles. The second-order valence-corrected chi connectivity index (χ2v) is 7.01. The number of benzene rings is 2. The van der Waals surface area contributed by atoms with Crippen LogP contribution in [0, 0.1) is 6.92 Å². The Balaban J connectivity index is 1.55. The largest absolute Gasteiger partial charge is 0.416 e. The van der Waals surface area contributed by atoms with Crippen molar-refractivity contribution in [2.45, 2.75) is 26.2 Å². The molecule has 154 valence electrons. The molecule has 0 saturated carbocycles. The van der Waals surface area contributed by atoms with E-state index in [-0.39, 0.29) is 24.2 Å². The molecule has 1 amide bonds. The number of aromatic nitrogens is 3. The van der Waals surface area contributed by atoms with Gasteiger partial charge in [-0.15, -0.1) is 0 Å². The Morgan fingerprint density at radius 1 is 1.20 bits per heavy atom. The third-order valence-electron chi connectivity index (χ3n) is 4.84. The average Bonchev–Trinajstić information content (AvgIpc) is 3.07. The Hall–Kier alpha value is -3.62. The first-order valence-electron chi connectivity index (χ1n) is 9.13. The zero-order valence-electron chi connectivity index (χ0n) is 15.9. The topological polar surface area (TPSA) is 79.8 Å². The Morgan fingerprint density at radius 2 is 1.97 bits per heavy atom. The minimum Gasteiger partial charge on any atom is -0.350 e. The van der Waals surface area contributed by atoms with Crippen LogP contribution in [-0.2, 0) is 24.1 Å². The van der Waals surface area contributed by atoms with E-state index in [1.54, 1.807) is 0 Å². The van der Waals surface area contributed by atoms with E-state index >= 15 is 0 Å². The summed E-state index contributed by atoms with van der Waals surface area (Å²) in [6, 6.07) is 10.7. The third-order valence-corrected chi connectivity index (χ3v) is 4.84. The lowest BCUT2D eigenvalue weighted by Crippen LogP contribution is -2.32. The number of halogens is 3. The van der Waals surface area contributed by atoms with Gasteiger partial charge in [0.15, 0.2) is 0 Å². The highest BCUT2D eigenvalue weighted by Gasteiger charge is 2.32. The highest BCUT2D eigenvalue weighted by Crippen LogP contribution is 2.31. The van der Waals surface area contributed by atoms with Gasteiger partial charge in [0.2, 0.25) is 5.91 Å². The van der Waals surface area contributed by atoms with Crippen molar-refractivity contribution in [2.75, 3.05) is 0 Å². The molecule has 0 bridgehead atoms. The number of aromatic amines is 1. The summed E-state index contributed by atoms with van der Waals surface area (Å²) in [4.78, 5) is 32.3. The predicted molar refractivity (Wildman–Crippen MR) is 106 cm³/mol. The number of nitrogens with one attached hydrogen (secondary N) is 2. The summed E-state index contributed by atoms with van der Waals surface area (Å²) in [5.41, 5.74) is 1.27. The van der Waals surface area contributed by atoms with E-state index in [1.165, 1.54) is 24.5 Å². The molecule has 2 aromatic carbocycles. The van der Waals surface area contributed by atoms with E-state index in [1.807, 2.05) is 25.1 Å². The summed E-state index contributed by atoms with van der Waals surface area (Å²) >= 11 is 0. The van der Waals surface area contributed by atoms with Crippen molar-refractivity contribution >= 4 is 27.8 Å². The molecule has 0 unspecified atom stereocenters. The Bertz CT molecular complexity index is 1320. The molecule has 0 atom stereocenters. The van der Waals surface area contributed by atoms with Crippen LogP contribution in [0.4, 0.5) is 13.2 Å². The first kappa shape index (κ1) is 19.7. The molecule has 0 fully saturated rings. The number of carbonyl (C=O) groups is 1. The van der Waals surface area contributed by atoms with Gasteiger partial charge < -0.3 is 10.3 Å². The number of hydrogen-bond acceptors (Lipinski definition) is 3. The Kier molecular flexibility index (Phi) is 4.81. The van der Waals surface area contributed by atoms with Gasteiger partial charge in [-0.2, -0.15) is 13.2 Å². The molecule has 2 heterocycles. The van der Waals surface area contributed by atoms with Crippen LogP contribution >= 0.6 is 0 Å². The first-order valence-corrected chi connectivity index (χ1v) is 9.13. The normalized spacial score (nSPS) is 11.9. The lowest BCUT2D eigenvalue weighted by Gasteiger charge is -2.13. The molecule has 0 spiro atoms. The molecule has 4 aromatic rings. The van der Waals surface area contributed by atoms with Gasteiger partial charge in [0.1, 0.15) is 17.6 Å². The summed E-state index contributed by atoms with van der Waals surface area (Å²) in [5, 5.41) is 3.24. The zero-order chi connectivity index (χ0) is 21.5. The highest BCUT2D eigenvalue weighted by atomic mass is 19.4. The van der Waals surface area contributed by atoms with Gasteiger partial charge >= 0.3 is 6.18 Å². The van der Waals surface area contributed by atoms with Crippen LogP contribution in [0.15, 0.2) is 53.6 Å². The fourth-order valence-electron chi connectivity index (χ4n) is 3.37. The van der Waals surface area contributed by atoms with Crippen LogP contribution in [0.3, 0.4) is 0 Å². The molecule has 0 aliphatic carbocycles. The molecule has 6 nitrogen and oxygen atoms in total. The van der Waals surface area contributed by atoms with Gasteiger partial charge in [-0.1, -0.05) is 29.8 Å². The van der Waals surface area contributed by atoms with Crippen molar-refractivity contribution in [1.29, 1.82) is 0 Å². The smallest absolute Gasteiger partial charge is 0.350 e. The molecular weight excluding hydrogens is 397 g/mol. The number of hydrogen-bond donors (Lipinski definition) is 2. The quantitative estimate of drug-likeness (QED) is 0.536. The SMILES string of the molecule is Cc1ccc2[nH]c3c(=O)n(CC(=O)NCc4ccccc4C(F)(F)F)cnc3c2c1. The highest BCUT2D eigenvalue weighted by molar-refractivity contribution is 6.04. The number of amides is 1. The summed E-state index contributed by atoms with van der Waals surface area (Å²) in [6.07, 6.45) is -3.25. The molecule has 0 radical (unpaired) electrons. The molecule has 2 N–H and O–H groups in total. The molecule has 0 aliphatic rings. The lowest BCUT2D eigenvalue weighted by molar-refractivity contribution is -0.138. The van der Waals surface area contributed by atoms with Gasteiger partial charge in [0.05, 0.1) is 11.9 Å². The molecule has 4 rings (SSSR count). The third kappa shape index (κ3) is 3.66. The number of aryl methyl sites for hydroxylation is 1. The predicted octanol–water partition coefficient (Wildman–Crippen LogP) is 3.52. The fraction of sp³-hybridized carbons (Fsp3) is 0.190. The Morgan fingerprint density at radius 3 is 2.73 bits per heavy atom. The molecular formula is C21H17F3N4O2. The van der Waals surface area contributed by atoms with Crippen molar-refractivity contribution in [2.24, 2.45) is 0 Å². The summed E-state index contributed by atoms with van der Waals surface area (Å²) in [5.74, 6) is -0.595. The summed E-state index contributed by atoms with van der Waals surface area (Å²) in [6.45, 7) is 1.27. The van der Waals surface area contributed by atoms with E-state index in [2.05, 4.69) is 15.3 Å². The van der Waals surface area contributed by atoms with Crippen LogP contribution in [0.1, 0.15) is 16.7 Å². The maximum absolute atomic E-state index is 13.1. The molecule has 30 heavy (non-hydrogen) atoms. The molecule has 0 saturated heterocycles. The van der Waals surface area contributed by atoms with Crippen LogP contribution in [-0.4, -0.2) is 20.4 Å². The average molecular weight is 414 g/mol. The van der Waals surface area contributed by atoms with E-state index < -0.39 is 23.2 Å². The van der Waals surface area contributed by atoms with Crippen molar-refractivity contribution in [1.82, 2.24) is 19.9 Å². The fourth-order valence-corrected chi connectivity index (χ4v) is 3.37. The van der Waals surface area contributed by atoms with Gasteiger partial charge in [0.25, 0.3) is 5.56 Å². The minimum absolute atomic E-state index is 0.0507. The van der Waals surface area contributed by atoms with Gasteiger partial charge in [-0.25, -0.2) is 4.98 Å². The maximum Gasteiger partial charge on any atom is 0.416 e.